The number of unbranched alkanes of at least 4 members (excludes halogenated alkanes) is 1. The van der Waals surface area contributed by atoms with Crippen molar-refractivity contribution in [3.8, 4) is 5.75 Å². The van der Waals surface area contributed by atoms with Crippen LogP contribution in [0, 0.1) is 0 Å². The number of carboxylic acids is 1. The van der Waals surface area contributed by atoms with E-state index in [1.165, 1.54) is 12.1 Å². The van der Waals surface area contributed by atoms with Crippen LogP contribution >= 0.6 is 0 Å². The molecule has 0 aliphatic carbocycles. The standard InChI is InChI=1S/C29H38N6O7/c30-12-4-3-7-23(29(41)42)33-27(39)24(13-17-8-10-19(37)11-9-17)34-28(40)25(16-36)35-26(38)21(31)14-18-15-32-22-6-2-1-5-20(18)22/h1-2,5-6,8-11,15,21,23-25,32,36-37H,3-4,7,12-14,16,30-31H2,(H,33,39)(H,34,40)(H,35,38)(H,41,42)/t21-,23+,24-,25-/m0/s1. The number of nitrogens with one attached hydrogen (secondary N) is 4. The number of nitrogens with two attached hydrogens (primary N) is 2. The summed E-state index contributed by atoms with van der Waals surface area (Å²) in [6.45, 7) is -0.401. The molecule has 3 amide bonds. The molecule has 0 unspecified atom stereocenters. The molecule has 13 nitrogen and oxygen atoms in total. The molecule has 11 N–H and O–H groups in total. The molecule has 0 saturated heterocycles. The largest absolute Gasteiger partial charge is 0.508 e. The fourth-order valence-electron chi connectivity index (χ4n) is 4.47. The van der Waals surface area contributed by atoms with Crippen LogP contribution in [-0.2, 0) is 32.0 Å². The number of aromatic amines is 1. The zero-order chi connectivity index (χ0) is 30.6. The molecule has 0 fully saturated rings. The molecular formula is C29H38N6O7. The van der Waals surface area contributed by atoms with E-state index >= 15 is 0 Å². The Hall–Kier alpha value is -4.46. The molecule has 0 aliphatic rings. The number of aliphatic hydroxyl groups is 1. The van der Waals surface area contributed by atoms with Crippen molar-refractivity contribution >= 4 is 34.6 Å². The van der Waals surface area contributed by atoms with E-state index in [1.807, 2.05) is 24.3 Å². The number of H-pyrrole nitrogens is 1. The highest BCUT2D eigenvalue weighted by molar-refractivity contribution is 5.94. The van der Waals surface area contributed by atoms with Gasteiger partial charge in [-0.05, 0) is 61.6 Å². The first-order chi connectivity index (χ1) is 20.1. The highest BCUT2D eigenvalue weighted by atomic mass is 16.4. The van der Waals surface area contributed by atoms with Crippen molar-refractivity contribution in [3.63, 3.8) is 0 Å². The lowest BCUT2D eigenvalue weighted by Crippen LogP contribution is -2.58. The minimum Gasteiger partial charge on any atom is -0.508 e. The molecular weight excluding hydrogens is 544 g/mol. The SMILES string of the molecule is NCCCC[C@@H](NC(=O)[C@H](Cc1ccc(O)cc1)NC(=O)[C@H](CO)NC(=O)[C@@H](N)Cc1c[nH]c2ccccc12)C(=O)O. The second kappa shape index (κ2) is 15.5. The Kier molecular flexibility index (Phi) is 11.8. The van der Waals surface area contributed by atoms with Gasteiger partial charge in [0.2, 0.25) is 17.7 Å². The van der Waals surface area contributed by atoms with Gasteiger partial charge < -0.3 is 47.7 Å². The van der Waals surface area contributed by atoms with Crippen LogP contribution in [0.25, 0.3) is 10.9 Å². The Bertz CT molecular complexity index is 1360. The Morgan fingerprint density at radius 3 is 2.14 bits per heavy atom. The Balaban J connectivity index is 1.69. The third-order valence-electron chi connectivity index (χ3n) is 6.84. The van der Waals surface area contributed by atoms with E-state index in [0.29, 0.717) is 24.9 Å². The van der Waals surface area contributed by atoms with E-state index < -0.39 is 54.5 Å². The minimum atomic E-state index is -1.43. The lowest BCUT2D eigenvalue weighted by Gasteiger charge is -2.24. The quantitative estimate of drug-likeness (QED) is 0.100. The highest BCUT2D eigenvalue weighted by Gasteiger charge is 2.30. The lowest BCUT2D eigenvalue weighted by molar-refractivity contribution is -0.142. The van der Waals surface area contributed by atoms with Crippen LogP contribution in [-0.4, -0.2) is 81.3 Å². The van der Waals surface area contributed by atoms with Gasteiger partial charge in [-0.25, -0.2) is 4.79 Å². The second-order valence-corrected chi connectivity index (χ2v) is 10.0. The normalized spacial score (nSPS) is 14.0. The van der Waals surface area contributed by atoms with Crippen LogP contribution in [0.15, 0.2) is 54.7 Å². The summed E-state index contributed by atoms with van der Waals surface area (Å²) in [6, 6.07) is 8.49. The van der Waals surface area contributed by atoms with Crippen LogP contribution in [0.4, 0.5) is 0 Å². The van der Waals surface area contributed by atoms with Crippen LogP contribution in [0.1, 0.15) is 30.4 Å². The van der Waals surface area contributed by atoms with Gasteiger partial charge in [0, 0.05) is 23.5 Å². The van der Waals surface area contributed by atoms with Crippen molar-refractivity contribution in [2.75, 3.05) is 13.2 Å². The second-order valence-electron chi connectivity index (χ2n) is 10.0. The predicted molar refractivity (Wildman–Crippen MR) is 155 cm³/mol. The monoisotopic (exact) mass is 582 g/mol. The van der Waals surface area contributed by atoms with E-state index in [9.17, 15) is 34.5 Å². The average Bonchev–Trinajstić information content (AvgIpc) is 3.38. The molecule has 42 heavy (non-hydrogen) atoms. The number of phenols is 1. The molecule has 3 aromatic rings. The molecule has 4 atom stereocenters. The fraction of sp³-hybridized carbons (Fsp3) is 0.379. The number of fused-ring (bicyclic) bond motifs is 1. The van der Waals surface area contributed by atoms with Crippen LogP contribution in [0.3, 0.4) is 0 Å². The van der Waals surface area contributed by atoms with Crippen molar-refractivity contribution in [1.29, 1.82) is 0 Å². The molecule has 2 aromatic carbocycles. The number of aromatic hydroxyl groups is 1. The predicted octanol–water partition coefficient (Wildman–Crippen LogP) is -0.354. The van der Waals surface area contributed by atoms with Gasteiger partial charge in [0.25, 0.3) is 0 Å². The summed E-state index contributed by atoms with van der Waals surface area (Å²) in [5.41, 5.74) is 13.9. The van der Waals surface area contributed by atoms with Crippen LogP contribution < -0.4 is 27.4 Å². The van der Waals surface area contributed by atoms with Gasteiger partial charge in [0.05, 0.1) is 12.6 Å². The number of rotatable bonds is 16. The van der Waals surface area contributed by atoms with E-state index in [0.717, 1.165) is 16.5 Å². The molecule has 13 heteroatoms. The number of hydrogen-bond donors (Lipinski definition) is 9. The number of para-hydroxylation sites is 1. The van der Waals surface area contributed by atoms with Crippen molar-refractivity contribution in [1.82, 2.24) is 20.9 Å². The molecule has 0 saturated carbocycles. The topological polar surface area (TPSA) is 233 Å². The summed E-state index contributed by atoms with van der Waals surface area (Å²) in [6.07, 6.45) is 3.05. The van der Waals surface area contributed by atoms with Crippen molar-refractivity contribution in [2.24, 2.45) is 11.5 Å². The first kappa shape index (κ1) is 32.1. The Labute approximate surface area is 242 Å². The number of carboxylic acid groups (broad SMARTS) is 1. The summed E-state index contributed by atoms with van der Waals surface area (Å²) in [4.78, 5) is 54.0. The number of amides is 3. The highest BCUT2D eigenvalue weighted by Crippen LogP contribution is 2.19. The average molecular weight is 583 g/mol. The van der Waals surface area contributed by atoms with E-state index in [-0.39, 0.29) is 25.0 Å². The van der Waals surface area contributed by atoms with Crippen LogP contribution in [0.5, 0.6) is 5.75 Å². The third-order valence-corrected chi connectivity index (χ3v) is 6.84. The lowest BCUT2D eigenvalue weighted by atomic mass is 10.0. The number of carbonyl (C=O) groups is 4. The molecule has 226 valence electrons. The summed E-state index contributed by atoms with van der Waals surface area (Å²) >= 11 is 0. The van der Waals surface area contributed by atoms with E-state index in [4.69, 9.17) is 11.5 Å². The first-order valence-electron chi connectivity index (χ1n) is 13.7. The maximum Gasteiger partial charge on any atom is 0.326 e. The Morgan fingerprint density at radius 1 is 0.833 bits per heavy atom. The number of phenolic OH excluding ortho intramolecular Hbond substituents is 1. The summed E-state index contributed by atoms with van der Waals surface area (Å²) in [7, 11) is 0. The molecule has 1 aromatic heterocycles. The van der Waals surface area contributed by atoms with Gasteiger partial charge in [-0.3, -0.25) is 14.4 Å². The van der Waals surface area contributed by atoms with Gasteiger partial charge in [-0.1, -0.05) is 30.3 Å². The Morgan fingerprint density at radius 2 is 1.48 bits per heavy atom. The summed E-state index contributed by atoms with van der Waals surface area (Å²) in [5, 5.41) is 37.4. The van der Waals surface area contributed by atoms with E-state index in [2.05, 4.69) is 20.9 Å². The first-order valence-corrected chi connectivity index (χ1v) is 13.7. The smallest absolute Gasteiger partial charge is 0.326 e. The molecule has 0 bridgehead atoms. The number of aromatic nitrogens is 1. The van der Waals surface area contributed by atoms with Crippen molar-refractivity contribution in [3.05, 3.63) is 65.9 Å². The molecule has 3 rings (SSSR count). The number of carbonyl (C=O) groups excluding carboxylic acids is 3. The molecule has 1 heterocycles. The minimum absolute atomic E-state index is 0.00154. The number of hydrogen-bond acceptors (Lipinski definition) is 8. The van der Waals surface area contributed by atoms with Crippen molar-refractivity contribution in [2.45, 2.75) is 56.3 Å². The number of aliphatic hydroxyl groups excluding tert-OH is 1. The number of aliphatic carboxylic acids is 1. The fourth-order valence-corrected chi connectivity index (χ4v) is 4.47. The number of benzene rings is 2. The van der Waals surface area contributed by atoms with Crippen LogP contribution in [0.2, 0.25) is 0 Å². The zero-order valence-electron chi connectivity index (χ0n) is 23.1. The van der Waals surface area contributed by atoms with E-state index in [1.54, 1.807) is 18.3 Å². The molecule has 0 radical (unpaired) electrons. The summed E-state index contributed by atoms with van der Waals surface area (Å²) < 4.78 is 0. The van der Waals surface area contributed by atoms with Gasteiger partial charge in [0.1, 0.15) is 23.9 Å². The maximum absolute atomic E-state index is 13.2. The van der Waals surface area contributed by atoms with Gasteiger partial charge >= 0.3 is 5.97 Å². The van der Waals surface area contributed by atoms with Gasteiger partial charge in [-0.15, -0.1) is 0 Å². The zero-order valence-corrected chi connectivity index (χ0v) is 23.1. The third kappa shape index (κ3) is 9.03. The molecule has 0 spiro atoms. The molecule has 0 aliphatic heterocycles. The van der Waals surface area contributed by atoms with Gasteiger partial charge in [0.15, 0.2) is 0 Å². The van der Waals surface area contributed by atoms with Crippen molar-refractivity contribution < 1.29 is 34.5 Å². The maximum atomic E-state index is 13.2. The van der Waals surface area contributed by atoms with Gasteiger partial charge in [-0.2, -0.15) is 0 Å². The summed E-state index contributed by atoms with van der Waals surface area (Å²) in [5.74, 6) is -3.55.